The third kappa shape index (κ3) is 4.13. The molecule has 0 aromatic heterocycles. The summed E-state index contributed by atoms with van der Waals surface area (Å²) in [5.41, 5.74) is -0.479. The van der Waals surface area contributed by atoms with E-state index in [2.05, 4.69) is 10.6 Å². The van der Waals surface area contributed by atoms with E-state index < -0.39 is 40.0 Å². The highest BCUT2D eigenvalue weighted by Crippen LogP contribution is 2.31. The van der Waals surface area contributed by atoms with Crippen molar-refractivity contribution in [1.82, 2.24) is 14.5 Å². The lowest BCUT2D eigenvalue weighted by molar-refractivity contribution is -0.133. The average molecular weight is 481 g/mol. The summed E-state index contributed by atoms with van der Waals surface area (Å²) in [5.74, 6) is -1.18. The minimum atomic E-state index is -3.68. The molecule has 1 fully saturated rings. The first-order valence-electron chi connectivity index (χ1n) is 10.5. The second-order valence-corrected chi connectivity index (χ2v) is 10.5. The maximum absolute atomic E-state index is 13.2. The Kier molecular flexibility index (Phi) is 5.88. The molecule has 0 radical (unpaired) electrons. The lowest BCUT2D eigenvalue weighted by atomic mass is 9.90. The number of anilines is 1. The predicted molar refractivity (Wildman–Crippen MR) is 127 cm³/mol. The Morgan fingerprint density at radius 1 is 1.00 bits per heavy atom. The lowest BCUT2D eigenvalue weighted by Gasteiger charge is -2.22. The minimum Gasteiger partial charge on any atom is -0.324 e. The molecule has 10 heteroatoms. The number of nitrogens with one attached hydrogen (secondary N) is 2. The summed E-state index contributed by atoms with van der Waals surface area (Å²) in [7, 11) is -0.869. The molecule has 4 amide bonds. The number of rotatable bonds is 6. The van der Waals surface area contributed by atoms with E-state index in [0.717, 1.165) is 20.0 Å². The normalized spacial score (nSPS) is 18.4. The van der Waals surface area contributed by atoms with Gasteiger partial charge in [-0.05, 0) is 47.5 Å². The maximum Gasteiger partial charge on any atom is 0.325 e. The number of benzene rings is 3. The summed E-state index contributed by atoms with van der Waals surface area (Å²) >= 11 is 0. The Balaban J connectivity index is 1.52. The molecule has 3 aromatic rings. The number of urea groups is 1. The zero-order valence-corrected chi connectivity index (χ0v) is 19.7. The number of amides is 4. The van der Waals surface area contributed by atoms with Gasteiger partial charge in [0.15, 0.2) is 0 Å². The van der Waals surface area contributed by atoms with Crippen LogP contribution in [-0.2, 0) is 25.2 Å². The molecule has 1 aliphatic rings. The molecule has 0 bridgehead atoms. The van der Waals surface area contributed by atoms with Gasteiger partial charge >= 0.3 is 6.03 Å². The Hall–Kier alpha value is -3.76. The van der Waals surface area contributed by atoms with Crippen LogP contribution >= 0.6 is 0 Å². The van der Waals surface area contributed by atoms with Crippen molar-refractivity contribution < 1.29 is 22.8 Å². The molecule has 4 rings (SSSR count). The summed E-state index contributed by atoms with van der Waals surface area (Å²) in [4.78, 5) is 39.3. The first-order chi connectivity index (χ1) is 16.0. The number of imide groups is 1. The standard InChI is InChI=1S/C24H24N4O5S/c1-24(18-12-11-16-7-4-5-8-17(16)13-18)22(30)28(23(31)26-24)15-21(29)25-19-9-6-10-20(14-19)34(32,33)27(2)3/h4-14H,15H2,1-3H3,(H,25,29)(H,26,31). The monoisotopic (exact) mass is 480 g/mol. The number of carbonyl (C=O) groups is 3. The van der Waals surface area contributed by atoms with Crippen LogP contribution in [0, 0.1) is 0 Å². The van der Waals surface area contributed by atoms with E-state index in [0.29, 0.717) is 5.56 Å². The zero-order valence-electron chi connectivity index (χ0n) is 18.9. The van der Waals surface area contributed by atoms with Gasteiger partial charge in [-0.2, -0.15) is 0 Å². The van der Waals surface area contributed by atoms with E-state index in [9.17, 15) is 22.8 Å². The summed E-state index contributed by atoms with van der Waals surface area (Å²) < 4.78 is 25.7. The van der Waals surface area contributed by atoms with Gasteiger partial charge < -0.3 is 10.6 Å². The highest BCUT2D eigenvalue weighted by molar-refractivity contribution is 7.89. The Labute approximate surface area is 197 Å². The van der Waals surface area contributed by atoms with Gasteiger partial charge in [0.1, 0.15) is 12.1 Å². The van der Waals surface area contributed by atoms with Crippen LogP contribution in [0.15, 0.2) is 71.6 Å². The Morgan fingerprint density at radius 2 is 1.71 bits per heavy atom. The van der Waals surface area contributed by atoms with Gasteiger partial charge in [-0.3, -0.25) is 14.5 Å². The van der Waals surface area contributed by atoms with Crippen molar-refractivity contribution in [2.24, 2.45) is 0 Å². The molecule has 34 heavy (non-hydrogen) atoms. The van der Waals surface area contributed by atoms with Gasteiger partial charge in [0.05, 0.1) is 4.90 Å². The van der Waals surface area contributed by atoms with Crippen molar-refractivity contribution in [1.29, 1.82) is 0 Å². The second kappa shape index (κ2) is 8.54. The highest BCUT2D eigenvalue weighted by atomic mass is 32.2. The van der Waals surface area contributed by atoms with Gasteiger partial charge in [0.2, 0.25) is 15.9 Å². The quantitative estimate of drug-likeness (QED) is 0.526. The number of hydrogen-bond donors (Lipinski definition) is 2. The molecule has 1 aliphatic heterocycles. The fraction of sp³-hybridized carbons (Fsp3) is 0.208. The Bertz CT molecular complexity index is 1420. The van der Waals surface area contributed by atoms with E-state index in [1.54, 1.807) is 13.0 Å². The topological polar surface area (TPSA) is 116 Å². The molecular formula is C24H24N4O5S. The second-order valence-electron chi connectivity index (χ2n) is 8.37. The van der Waals surface area contributed by atoms with E-state index in [-0.39, 0.29) is 10.6 Å². The number of hydrogen-bond acceptors (Lipinski definition) is 5. The SMILES string of the molecule is CN(C)S(=O)(=O)c1cccc(NC(=O)CN2C(=O)NC(C)(c3ccc4ccccc4c3)C2=O)c1. The van der Waals surface area contributed by atoms with Gasteiger partial charge in [0.25, 0.3) is 5.91 Å². The van der Waals surface area contributed by atoms with E-state index in [4.69, 9.17) is 0 Å². The van der Waals surface area contributed by atoms with Crippen LogP contribution in [0.4, 0.5) is 10.5 Å². The third-order valence-corrected chi connectivity index (χ3v) is 7.61. The van der Waals surface area contributed by atoms with E-state index in [1.165, 1.54) is 38.4 Å². The molecule has 1 atom stereocenters. The van der Waals surface area contributed by atoms with Gasteiger partial charge in [-0.25, -0.2) is 17.5 Å². The molecule has 1 heterocycles. The summed E-state index contributed by atoms with van der Waals surface area (Å²) in [5, 5.41) is 7.18. The van der Waals surface area contributed by atoms with Crippen LogP contribution in [0.2, 0.25) is 0 Å². The largest absolute Gasteiger partial charge is 0.325 e. The number of carbonyl (C=O) groups excluding carboxylic acids is 3. The molecule has 3 aromatic carbocycles. The lowest BCUT2D eigenvalue weighted by Crippen LogP contribution is -2.42. The van der Waals surface area contributed by atoms with Gasteiger partial charge in [-0.15, -0.1) is 0 Å². The van der Waals surface area contributed by atoms with Crippen molar-refractivity contribution in [3.05, 3.63) is 72.3 Å². The molecule has 9 nitrogen and oxygen atoms in total. The molecule has 1 saturated heterocycles. The van der Waals surface area contributed by atoms with Crippen LogP contribution in [0.3, 0.4) is 0 Å². The molecule has 0 saturated carbocycles. The highest BCUT2D eigenvalue weighted by Gasteiger charge is 2.49. The Morgan fingerprint density at radius 3 is 2.41 bits per heavy atom. The van der Waals surface area contributed by atoms with Gasteiger partial charge in [-0.1, -0.05) is 42.5 Å². The van der Waals surface area contributed by atoms with Crippen molar-refractivity contribution >= 4 is 44.3 Å². The van der Waals surface area contributed by atoms with Crippen LogP contribution in [0.1, 0.15) is 12.5 Å². The van der Waals surface area contributed by atoms with Crippen LogP contribution < -0.4 is 10.6 Å². The fourth-order valence-corrected chi connectivity index (χ4v) is 4.77. The number of nitrogens with zero attached hydrogens (tertiary/aromatic N) is 2. The number of fused-ring (bicyclic) bond motifs is 1. The van der Waals surface area contributed by atoms with Crippen LogP contribution in [0.5, 0.6) is 0 Å². The first-order valence-corrected chi connectivity index (χ1v) is 11.9. The average Bonchev–Trinajstić information content (AvgIpc) is 3.02. The van der Waals surface area contributed by atoms with Crippen molar-refractivity contribution in [3.8, 4) is 0 Å². The zero-order chi connectivity index (χ0) is 24.7. The summed E-state index contributed by atoms with van der Waals surface area (Å²) in [6.07, 6.45) is 0. The van der Waals surface area contributed by atoms with Gasteiger partial charge in [0, 0.05) is 19.8 Å². The fourth-order valence-electron chi connectivity index (χ4n) is 3.83. The molecule has 2 N–H and O–H groups in total. The smallest absolute Gasteiger partial charge is 0.324 e. The number of sulfonamides is 1. The van der Waals surface area contributed by atoms with Crippen LogP contribution in [0.25, 0.3) is 10.8 Å². The summed E-state index contributed by atoms with van der Waals surface area (Å²) in [6.45, 7) is 1.09. The van der Waals surface area contributed by atoms with E-state index >= 15 is 0 Å². The third-order valence-electron chi connectivity index (χ3n) is 5.80. The predicted octanol–water partition coefficient (Wildman–Crippen LogP) is 2.50. The van der Waals surface area contributed by atoms with Crippen molar-refractivity contribution in [2.75, 3.05) is 26.0 Å². The molecule has 1 unspecified atom stereocenters. The maximum atomic E-state index is 13.2. The van der Waals surface area contributed by atoms with Crippen molar-refractivity contribution in [3.63, 3.8) is 0 Å². The minimum absolute atomic E-state index is 0.00849. The molecular weight excluding hydrogens is 456 g/mol. The van der Waals surface area contributed by atoms with E-state index in [1.807, 2.05) is 36.4 Å². The molecule has 176 valence electrons. The molecule has 0 aliphatic carbocycles. The first kappa shape index (κ1) is 23.4. The van der Waals surface area contributed by atoms with Crippen LogP contribution in [-0.4, -0.2) is 56.1 Å². The molecule has 0 spiro atoms. The van der Waals surface area contributed by atoms with Crippen molar-refractivity contribution in [2.45, 2.75) is 17.4 Å². The summed E-state index contributed by atoms with van der Waals surface area (Å²) in [6, 6.07) is 18.2.